The molecule has 0 radical (unpaired) electrons. The lowest BCUT2D eigenvalue weighted by molar-refractivity contribution is -0.0573. The lowest BCUT2D eigenvalue weighted by Gasteiger charge is -2.47. The van der Waals surface area contributed by atoms with Crippen LogP contribution in [0.15, 0.2) is 41.7 Å². The van der Waals surface area contributed by atoms with Crippen LogP contribution in [0.25, 0.3) is 11.1 Å². The molecule has 33 heavy (non-hydrogen) atoms. The number of hydrogen-bond acceptors (Lipinski definition) is 4. The molecule has 4 rings (SSSR count). The van der Waals surface area contributed by atoms with Crippen molar-refractivity contribution in [2.75, 3.05) is 7.11 Å². The standard InChI is InChI=1S/C28H34N4O/c1-6-7-20-10-23(16-31-15-20)21-8-9-22-14-28(12-17(2)25(33-5)18(3)13-28)26(24(22)11-21)32-19(4)27(29)30/h8-11,15-18,25-26H,12-14H2,1-5H3,(H3,29,30). The molecule has 2 aliphatic carbocycles. The number of amidine groups is 1. The van der Waals surface area contributed by atoms with Crippen molar-refractivity contribution < 1.29 is 4.74 Å². The first kappa shape index (κ1) is 23.2. The Balaban J connectivity index is 1.80. The van der Waals surface area contributed by atoms with Gasteiger partial charge in [-0.3, -0.25) is 15.4 Å². The summed E-state index contributed by atoms with van der Waals surface area (Å²) in [6.45, 7) is 8.28. The Bertz CT molecular complexity index is 1140. The van der Waals surface area contributed by atoms with Crippen molar-refractivity contribution in [3.8, 4) is 23.0 Å². The van der Waals surface area contributed by atoms with Crippen LogP contribution in [0.5, 0.6) is 0 Å². The van der Waals surface area contributed by atoms with Gasteiger partial charge in [0.15, 0.2) is 0 Å². The predicted molar refractivity (Wildman–Crippen MR) is 134 cm³/mol. The van der Waals surface area contributed by atoms with Crippen molar-refractivity contribution in [1.29, 1.82) is 5.41 Å². The van der Waals surface area contributed by atoms with Crippen LogP contribution in [0.1, 0.15) is 63.3 Å². The number of aliphatic imine (C=N–C) groups is 1. The average Bonchev–Trinajstić information content (AvgIpc) is 3.05. The number of nitrogens with zero attached hydrogens (tertiary/aromatic N) is 2. The summed E-state index contributed by atoms with van der Waals surface area (Å²) in [5.41, 5.74) is 12.1. The van der Waals surface area contributed by atoms with E-state index in [-0.39, 0.29) is 23.4 Å². The van der Waals surface area contributed by atoms with Crippen LogP contribution in [0.2, 0.25) is 0 Å². The van der Waals surface area contributed by atoms with Gasteiger partial charge in [-0.1, -0.05) is 31.9 Å². The fourth-order valence-electron chi connectivity index (χ4n) is 6.27. The molecule has 1 heterocycles. The second-order valence-electron chi connectivity index (χ2n) is 9.88. The van der Waals surface area contributed by atoms with Gasteiger partial charge in [0, 0.05) is 36.0 Å². The van der Waals surface area contributed by atoms with Gasteiger partial charge in [0.05, 0.1) is 17.9 Å². The Morgan fingerprint density at radius 2 is 1.91 bits per heavy atom. The number of aromatic nitrogens is 1. The van der Waals surface area contributed by atoms with E-state index in [1.807, 2.05) is 27.2 Å². The van der Waals surface area contributed by atoms with Crippen molar-refractivity contribution in [1.82, 2.24) is 4.98 Å². The first-order chi connectivity index (χ1) is 15.8. The highest BCUT2D eigenvalue weighted by Crippen LogP contribution is 2.59. The highest BCUT2D eigenvalue weighted by molar-refractivity contribution is 6.38. The van der Waals surface area contributed by atoms with Crippen LogP contribution in [0.3, 0.4) is 0 Å². The summed E-state index contributed by atoms with van der Waals surface area (Å²) in [6, 6.07) is 8.77. The topological polar surface area (TPSA) is 84.4 Å². The zero-order valence-electron chi connectivity index (χ0n) is 20.3. The number of nitrogens with two attached hydrogens (primary N) is 1. The molecule has 3 unspecified atom stereocenters. The molecule has 172 valence electrons. The lowest BCUT2D eigenvalue weighted by atomic mass is 9.61. The summed E-state index contributed by atoms with van der Waals surface area (Å²) in [4.78, 5) is 9.48. The molecule has 3 N–H and O–H groups in total. The van der Waals surface area contributed by atoms with Gasteiger partial charge in [0.25, 0.3) is 0 Å². The molecule has 1 spiro atoms. The zero-order valence-corrected chi connectivity index (χ0v) is 20.3. The molecule has 3 atom stereocenters. The largest absolute Gasteiger partial charge is 0.383 e. The molecule has 1 aromatic carbocycles. The van der Waals surface area contributed by atoms with Gasteiger partial charge in [0.1, 0.15) is 5.84 Å². The van der Waals surface area contributed by atoms with E-state index in [1.54, 1.807) is 6.20 Å². The number of methoxy groups -OCH3 is 1. The minimum absolute atomic E-state index is 0.0132. The first-order valence-electron chi connectivity index (χ1n) is 11.7. The van der Waals surface area contributed by atoms with Crippen molar-refractivity contribution in [3.63, 3.8) is 0 Å². The Labute approximate surface area is 197 Å². The second kappa shape index (κ2) is 9.11. The number of fused-ring (bicyclic) bond motifs is 1. The van der Waals surface area contributed by atoms with Crippen molar-refractivity contribution >= 4 is 11.5 Å². The smallest absolute Gasteiger partial charge is 0.136 e. The number of benzene rings is 1. The third-order valence-electron chi connectivity index (χ3n) is 7.47. The fraction of sp³-hybridized carbons (Fsp3) is 0.464. The van der Waals surface area contributed by atoms with Gasteiger partial charge in [0.2, 0.25) is 0 Å². The molecule has 2 aliphatic rings. The third kappa shape index (κ3) is 4.32. The SMILES string of the molecule is CC#Cc1cncc(-c2ccc3c(c2)C(N=C(C)C(=N)N)C2(C3)CC(C)C(OC)C(C)C2)c1. The van der Waals surface area contributed by atoms with E-state index in [0.29, 0.717) is 17.5 Å². The monoisotopic (exact) mass is 442 g/mol. The van der Waals surface area contributed by atoms with Crippen molar-refractivity contribution in [2.24, 2.45) is 28.0 Å². The van der Waals surface area contributed by atoms with E-state index in [2.05, 4.69) is 54.9 Å². The number of nitrogens with one attached hydrogen (secondary N) is 1. The molecule has 0 amide bonds. The molecule has 1 saturated carbocycles. The van der Waals surface area contributed by atoms with E-state index in [1.165, 1.54) is 11.1 Å². The fourth-order valence-corrected chi connectivity index (χ4v) is 6.27. The highest BCUT2D eigenvalue weighted by Gasteiger charge is 2.52. The second-order valence-corrected chi connectivity index (χ2v) is 9.88. The maximum atomic E-state index is 7.94. The van der Waals surface area contributed by atoms with E-state index in [4.69, 9.17) is 20.9 Å². The number of hydrogen-bond donors (Lipinski definition) is 2. The average molecular weight is 443 g/mol. The van der Waals surface area contributed by atoms with Gasteiger partial charge in [-0.15, -0.1) is 5.92 Å². The lowest BCUT2D eigenvalue weighted by Crippen LogP contribution is -2.44. The summed E-state index contributed by atoms with van der Waals surface area (Å²) < 4.78 is 5.85. The minimum atomic E-state index is -0.0226. The molecular weight excluding hydrogens is 408 g/mol. The third-order valence-corrected chi connectivity index (χ3v) is 7.47. The Hall–Kier alpha value is -2.97. The normalized spacial score (nSPS) is 28.8. The van der Waals surface area contributed by atoms with E-state index < -0.39 is 0 Å². The predicted octanol–water partition coefficient (Wildman–Crippen LogP) is 5.18. The van der Waals surface area contributed by atoms with Crippen LogP contribution >= 0.6 is 0 Å². The number of ether oxygens (including phenoxy) is 1. The maximum absolute atomic E-state index is 7.94. The molecule has 0 bridgehead atoms. The number of rotatable bonds is 4. The molecule has 5 heteroatoms. The molecule has 1 fully saturated rings. The van der Waals surface area contributed by atoms with Gasteiger partial charge in [-0.25, -0.2) is 0 Å². The first-order valence-corrected chi connectivity index (χ1v) is 11.7. The minimum Gasteiger partial charge on any atom is -0.383 e. The molecule has 0 aliphatic heterocycles. The van der Waals surface area contributed by atoms with Crippen LogP contribution in [0.4, 0.5) is 0 Å². The van der Waals surface area contributed by atoms with Gasteiger partial charge < -0.3 is 10.5 Å². The van der Waals surface area contributed by atoms with Crippen LogP contribution in [-0.2, 0) is 11.2 Å². The number of pyridine rings is 1. The summed E-state index contributed by atoms with van der Waals surface area (Å²) >= 11 is 0. The summed E-state index contributed by atoms with van der Waals surface area (Å²) in [7, 11) is 1.83. The summed E-state index contributed by atoms with van der Waals surface area (Å²) in [5.74, 6) is 6.97. The maximum Gasteiger partial charge on any atom is 0.136 e. The Morgan fingerprint density at radius 3 is 2.55 bits per heavy atom. The van der Waals surface area contributed by atoms with Crippen LogP contribution in [-0.4, -0.2) is 29.7 Å². The quantitative estimate of drug-likeness (QED) is 0.389. The summed E-state index contributed by atoms with van der Waals surface area (Å²) in [6.07, 6.45) is 7.03. The van der Waals surface area contributed by atoms with Gasteiger partial charge >= 0.3 is 0 Å². The van der Waals surface area contributed by atoms with E-state index in [0.717, 1.165) is 36.0 Å². The van der Waals surface area contributed by atoms with Crippen LogP contribution < -0.4 is 5.73 Å². The molecule has 5 nitrogen and oxygen atoms in total. The highest BCUT2D eigenvalue weighted by atomic mass is 16.5. The Kier molecular flexibility index (Phi) is 6.41. The van der Waals surface area contributed by atoms with Gasteiger partial charge in [-0.2, -0.15) is 0 Å². The van der Waals surface area contributed by atoms with E-state index >= 15 is 0 Å². The molecule has 2 aromatic rings. The van der Waals surface area contributed by atoms with Gasteiger partial charge in [-0.05, 0) is 73.8 Å². The zero-order chi connectivity index (χ0) is 23.8. The summed E-state index contributed by atoms with van der Waals surface area (Å²) in [5, 5.41) is 7.94. The van der Waals surface area contributed by atoms with E-state index in [9.17, 15) is 0 Å². The molecular formula is C28H34N4O. The van der Waals surface area contributed by atoms with Crippen LogP contribution in [0, 0.1) is 34.5 Å². The van der Waals surface area contributed by atoms with Crippen molar-refractivity contribution in [3.05, 3.63) is 53.3 Å². The molecule has 0 saturated heterocycles. The molecule has 1 aromatic heterocycles. The van der Waals surface area contributed by atoms with Crippen molar-refractivity contribution in [2.45, 2.75) is 59.1 Å². The Morgan fingerprint density at radius 1 is 1.18 bits per heavy atom.